The summed E-state index contributed by atoms with van der Waals surface area (Å²) in [4.78, 5) is 0. The van der Waals surface area contributed by atoms with Gasteiger partial charge in [-0.15, -0.1) is 0 Å². The molecule has 3 aliphatic carbocycles. The summed E-state index contributed by atoms with van der Waals surface area (Å²) in [6.07, 6.45) is 18.8. The fourth-order valence-electron chi connectivity index (χ4n) is 6.25. The van der Waals surface area contributed by atoms with Gasteiger partial charge >= 0.3 is 0 Å². The summed E-state index contributed by atoms with van der Waals surface area (Å²) >= 11 is 0. The molecule has 1 nitrogen and oxygen atoms in total. The standard InChI is InChI=1S/C28H44O/c1-19(2)20(3)9-10-22(5)26-15-16-27-23(8-7-17-28(26,27)6)12-13-24-18-25(29)14-11-21(24)4/h9-10,12-13,19-20,22,25-27,29H,4,7-8,11,14-18H2,1-3,5-6H3/b10-9-,23-12-,24-13-/t20-,22+,25-,26+,27-,28+/m0/s1. The fourth-order valence-corrected chi connectivity index (χ4v) is 6.25. The summed E-state index contributed by atoms with van der Waals surface area (Å²) in [6.45, 7) is 16.3. The molecule has 0 spiro atoms. The Morgan fingerprint density at radius 1 is 1.03 bits per heavy atom. The van der Waals surface area contributed by atoms with E-state index in [1.54, 1.807) is 5.57 Å². The molecule has 1 N–H and O–H groups in total. The maximum Gasteiger partial charge on any atom is 0.0583 e. The highest BCUT2D eigenvalue weighted by Gasteiger charge is 2.50. The molecule has 0 saturated heterocycles. The van der Waals surface area contributed by atoms with Crippen LogP contribution < -0.4 is 0 Å². The topological polar surface area (TPSA) is 20.2 Å². The van der Waals surface area contributed by atoms with Crippen molar-refractivity contribution in [3.05, 3.63) is 47.6 Å². The number of rotatable bonds is 5. The minimum absolute atomic E-state index is 0.182. The van der Waals surface area contributed by atoms with Crippen molar-refractivity contribution in [1.82, 2.24) is 0 Å². The van der Waals surface area contributed by atoms with E-state index in [-0.39, 0.29) is 6.10 Å². The highest BCUT2D eigenvalue weighted by atomic mass is 16.3. The highest BCUT2D eigenvalue weighted by molar-refractivity contribution is 5.36. The number of allylic oxidation sites excluding steroid dienone is 6. The van der Waals surface area contributed by atoms with Gasteiger partial charge in [-0.2, -0.15) is 0 Å². The van der Waals surface area contributed by atoms with Crippen LogP contribution in [-0.4, -0.2) is 11.2 Å². The summed E-state index contributed by atoms with van der Waals surface area (Å²) in [7, 11) is 0. The van der Waals surface area contributed by atoms with Crippen LogP contribution in [0.3, 0.4) is 0 Å². The van der Waals surface area contributed by atoms with Crippen LogP contribution in [0.25, 0.3) is 0 Å². The fraction of sp³-hybridized carbons (Fsp3) is 0.714. The molecule has 3 fully saturated rings. The van der Waals surface area contributed by atoms with Gasteiger partial charge in [-0.05, 0) is 91.9 Å². The van der Waals surface area contributed by atoms with E-state index in [2.05, 4.69) is 65.5 Å². The second kappa shape index (κ2) is 9.38. The average molecular weight is 397 g/mol. The first kappa shape index (κ1) is 22.6. The van der Waals surface area contributed by atoms with Crippen molar-refractivity contribution in [2.75, 3.05) is 0 Å². The quantitative estimate of drug-likeness (QED) is 0.473. The molecule has 3 aliphatic rings. The maximum atomic E-state index is 10.0. The summed E-state index contributed by atoms with van der Waals surface area (Å²) < 4.78 is 0. The molecule has 0 aromatic carbocycles. The van der Waals surface area contributed by atoms with Crippen LogP contribution in [0.1, 0.15) is 86.0 Å². The van der Waals surface area contributed by atoms with Crippen molar-refractivity contribution in [2.24, 2.45) is 35.0 Å². The molecule has 162 valence electrons. The van der Waals surface area contributed by atoms with E-state index < -0.39 is 0 Å². The smallest absolute Gasteiger partial charge is 0.0583 e. The Hall–Kier alpha value is -1.08. The van der Waals surface area contributed by atoms with Crippen LogP contribution in [0.2, 0.25) is 0 Å². The highest BCUT2D eigenvalue weighted by Crippen LogP contribution is 2.59. The third-order valence-electron chi connectivity index (χ3n) is 8.63. The predicted molar refractivity (Wildman–Crippen MR) is 126 cm³/mol. The molecule has 3 rings (SSSR count). The molecule has 0 unspecified atom stereocenters. The van der Waals surface area contributed by atoms with Crippen LogP contribution in [0, 0.1) is 35.0 Å². The first-order chi connectivity index (χ1) is 13.7. The van der Waals surface area contributed by atoms with Gasteiger partial charge in [0.25, 0.3) is 0 Å². The van der Waals surface area contributed by atoms with Crippen molar-refractivity contribution < 1.29 is 5.11 Å². The lowest BCUT2D eigenvalue weighted by molar-refractivity contribution is 0.112. The van der Waals surface area contributed by atoms with E-state index in [0.29, 0.717) is 17.3 Å². The Morgan fingerprint density at radius 2 is 1.79 bits per heavy atom. The van der Waals surface area contributed by atoms with Gasteiger partial charge in [0.15, 0.2) is 0 Å². The molecule has 0 aromatic rings. The van der Waals surface area contributed by atoms with Crippen LogP contribution >= 0.6 is 0 Å². The van der Waals surface area contributed by atoms with Crippen molar-refractivity contribution in [1.29, 1.82) is 0 Å². The monoisotopic (exact) mass is 396 g/mol. The van der Waals surface area contributed by atoms with E-state index in [4.69, 9.17) is 0 Å². The molecule has 0 amide bonds. The second-order valence-corrected chi connectivity index (χ2v) is 10.9. The number of fused-ring (bicyclic) bond motifs is 1. The van der Waals surface area contributed by atoms with Crippen LogP contribution in [0.4, 0.5) is 0 Å². The van der Waals surface area contributed by atoms with Gasteiger partial charge in [-0.3, -0.25) is 0 Å². The zero-order valence-corrected chi connectivity index (χ0v) is 19.6. The number of hydrogen-bond acceptors (Lipinski definition) is 1. The van der Waals surface area contributed by atoms with E-state index in [9.17, 15) is 5.11 Å². The Labute approximate surface area is 180 Å². The van der Waals surface area contributed by atoms with Gasteiger partial charge in [0.2, 0.25) is 0 Å². The van der Waals surface area contributed by atoms with Crippen molar-refractivity contribution >= 4 is 0 Å². The Balaban J connectivity index is 1.75. The molecule has 1 heteroatoms. The van der Waals surface area contributed by atoms with Gasteiger partial charge in [0, 0.05) is 0 Å². The molecule has 29 heavy (non-hydrogen) atoms. The largest absolute Gasteiger partial charge is 0.393 e. The van der Waals surface area contributed by atoms with Gasteiger partial charge in [-0.25, -0.2) is 0 Å². The lowest BCUT2D eigenvalue weighted by Crippen LogP contribution is -2.35. The predicted octanol–water partition coefficient (Wildman–Crippen LogP) is 7.64. The summed E-state index contributed by atoms with van der Waals surface area (Å²) in [6, 6.07) is 0. The Morgan fingerprint density at radius 3 is 2.52 bits per heavy atom. The van der Waals surface area contributed by atoms with Crippen LogP contribution in [-0.2, 0) is 0 Å². The second-order valence-electron chi connectivity index (χ2n) is 10.9. The number of aliphatic hydroxyl groups excluding tert-OH is 1. The maximum absolute atomic E-state index is 10.0. The summed E-state index contributed by atoms with van der Waals surface area (Å²) in [5.41, 5.74) is 4.61. The summed E-state index contributed by atoms with van der Waals surface area (Å²) in [5, 5.41) is 10.0. The molecule has 0 bridgehead atoms. The normalized spacial score (nSPS) is 38.2. The third kappa shape index (κ3) is 4.98. The van der Waals surface area contributed by atoms with E-state index >= 15 is 0 Å². The zero-order valence-electron chi connectivity index (χ0n) is 19.6. The molecular formula is C28H44O. The van der Waals surface area contributed by atoms with E-state index in [1.807, 2.05) is 0 Å². The molecule has 0 aromatic heterocycles. The Bertz CT molecular complexity index is 678. The SMILES string of the molecule is C=C1CC[C@H](O)C/C1=C/C=C1/CCC[C@]2(C)[C@@H]([C@H](C)/C=C\[C@H](C)C(C)C)CC[C@@H]12. The molecule has 0 radical (unpaired) electrons. The number of hydrogen-bond donors (Lipinski definition) is 1. The molecule has 0 heterocycles. The van der Waals surface area contributed by atoms with Crippen molar-refractivity contribution in [2.45, 2.75) is 92.1 Å². The van der Waals surface area contributed by atoms with Crippen molar-refractivity contribution in [3.8, 4) is 0 Å². The van der Waals surface area contributed by atoms with Gasteiger partial charge in [0.1, 0.15) is 0 Å². The van der Waals surface area contributed by atoms with Gasteiger partial charge < -0.3 is 5.11 Å². The Kier molecular flexibility index (Phi) is 7.31. The minimum Gasteiger partial charge on any atom is -0.393 e. The number of aliphatic hydroxyl groups is 1. The molecule has 3 saturated carbocycles. The zero-order chi connectivity index (χ0) is 21.2. The lowest BCUT2D eigenvalue weighted by Gasteiger charge is -2.44. The molecular weight excluding hydrogens is 352 g/mol. The lowest BCUT2D eigenvalue weighted by atomic mass is 9.61. The summed E-state index contributed by atoms with van der Waals surface area (Å²) in [5.74, 6) is 3.58. The minimum atomic E-state index is -0.182. The van der Waals surface area contributed by atoms with Crippen LogP contribution in [0.15, 0.2) is 47.6 Å². The van der Waals surface area contributed by atoms with Crippen molar-refractivity contribution in [3.63, 3.8) is 0 Å². The molecule has 6 atom stereocenters. The average Bonchev–Trinajstić information content (AvgIpc) is 3.04. The van der Waals surface area contributed by atoms with Gasteiger partial charge in [-0.1, -0.05) is 76.6 Å². The third-order valence-corrected chi connectivity index (χ3v) is 8.63. The molecule has 0 aliphatic heterocycles. The van der Waals surface area contributed by atoms with E-state index in [1.165, 1.54) is 43.3 Å². The first-order valence-corrected chi connectivity index (χ1v) is 12.2. The van der Waals surface area contributed by atoms with E-state index in [0.717, 1.165) is 37.0 Å². The first-order valence-electron chi connectivity index (χ1n) is 12.2. The van der Waals surface area contributed by atoms with Gasteiger partial charge in [0.05, 0.1) is 6.10 Å². The van der Waals surface area contributed by atoms with Crippen LogP contribution in [0.5, 0.6) is 0 Å².